The fourth-order valence-corrected chi connectivity index (χ4v) is 5.79. The molecule has 0 N–H and O–H groups in total. The molecule has 0 amide bonds. The molecule has 10 heteroatoms. The van der Waals surface area contributed by atoms with Crippen molar-refractivity contribution in [1.29, 1.82) is 5.26 Å². The van der Waals surface area contributed by atoms with Gasteiger partial charge in [0.05, 0.1) is 28.9 Å². The summed E-state index contributed by atoms with van der Waals surface area (Å²) < 4.78 is 35.7. The first kappa shape index (κ1) is 24.9. The van der Waals surface area contributed by atoms with Gasteiger partial charge in [-0.15, -0.1) is 0 Å². The van der Waals surface area contributed by atoms with Crippen LogP contribution in [0.15, 0.2) is 44.0 Å². The number of anilines is 1. The number of nitrogens with zero attached hydrogens (tertiary/aromatic N) is 4. The SMILES string of the molecule is Cc1ccc2oc(C3(F)CCN(c4c(C#N)c(=O)n(C)c5cc(OC6CCOC6)c(Br)cc45)CC3)nc2c1. The highest BCUT2D eigenvalue weighted by Crippen LogP contribution is 2.42. The van der Waals surface area contributed by atoms with Crippen LogP contribution in [0.3, 0.4) is 0 Å². The third-order valence-corrected chi connectivity index (χ3v) is 8.13. The minimum Gasteiger partial charge on any atom is -0.487 e. The van der Waals surface area contributed by atoms with E-state index in [-0.39, 0.29) is 30.4 Å². The highest BCUT2D eigenvalue weighted by atomic mass is 79.9. The molecule has 2 aromatic carbocycles. The quantitative estimate of drug-likeness (QED) is 0.325. The van der Waals surface area contributed by atoms with Crippen LogP contribution in [0.2, 0.25) is 0 Å². The molecular formula is C28H26BrFN4O4. The fraction of sp³-hybridized carbons (Fsp3) is 0.393. The Morgan fingerprint density at radius 2 is 2.05 bits per heavy atom. The highest BCUT2D eigenvalue weighted by molar-refractivity contribution is 9.10. The van der Waals surface area contributed by atoms with Gasteiger partial charge in [-0.25, -0.2) is 9.37 Å². The largest absolute Gasteiger partial charge is 0.487 e. The highest BCUT2D eigenvalue weighted by Gasteiger charge is 2.42. The minimum absolute atomic E-state index is 0.0356. The molecule has 38 heavy (non-hydrogen) atoms. The van der Waals surface area contributed by atoms with Gasteiger partial charge in [0.25, 0.3) is 5.56 Å². The normalized spacial score (nSPS) is 19.2. The Balaban J connectivity index is 1.36. The molecule has 0 saturated carbocycles. The second-order valence-electron chi connectivity index (χ2n) is 10.0. The van der Waals surface area contributed by atoms with Crippen molar-refractivity contribution in [2.45, 2.75) is 38.0 Å². The summed E-state index contributed by atoms with van der Waals surface area (Å²) in [6.07, 6.45) is 0.962. The van der Waals surface area contributed by atoms with Crippen molar-refractivity contribution < 1.29 is 18.3 Å². The number of oxazole rings is 1. The van der Waals surface area contributed by atoms with Gasteiger partial charge in [-0.1, -0.05) is 6.07 Å². The van der Waals surface area contributed by atoms with E-state index in [4.69, 9.17) is 13.9 Å². The van der Waals surface area contributed by atoms with Gasteiger partial charge in [-0.05, 0) is 46.6 Å². The molecule has 0 spiro atoms. The van der Waals surface area contributed by atoms with E-state index in [1.54, 1.807) is 13.1 Å². The second-order valence-corrected chi connectivity index (χ2v) is 10.9. The first-order chi connectivity index (χ1) is 18.3. The van der Waals surface area contributed by atoms with Crippen LogP contribution in [0.5, 0.6) is 5.75 Å². The van der Waals surface area contributed by atoms with Crippen molar-refractivity contribution in [2.75, 3.05) is 31.2 Å². The van der Waals surface area contributed by atoms with Crippen LogP contribution < -0.4 is 15.2 Å². The summed E-state index contributed by atoms with van der Waals surface area (Å²) in [5.74, 6) is 0.679. The maximum Gasteiger partial charge on any atom is 0.270 e. The third-order valence-electron chi connectivity index (χ3n) is 7.51. The zero-order valence-electron chi connectivity index (χ0n) is 21.1. The molecule has 6 rings (SSSR count). The van der Waals surface area contributed by atoms with E-state index < -0.39 is 11.2 Å². The van der Waals surface area contributed by atoms with Crippen molar-refractivity contribution in [3.05, 3.63) is 62.2 Å². The van der Waals surface area contributed by atoms with Gasteiger partial charge >= 0.3 is 0 Å². The molecule has 0 radical (unpaired) electrons. The molecule has 1 unspecified atom stereocenters. The summed E-state index contributed by atoms with van der Waals surface area (Å²) in [7, 11) is 1.64. The Bertz CT molecular complexity index is 1660. The van der Waals surface area contributed by atoms with Gasteiger partial charge in [0.1, 0.15) is 29.0 Å². The fourth-order valence-electron chi connectivity index (χ4n) is 5.36. The van der Waals surface area contributed by atoms with E-state index in [0.717, 1.165) is 12.0 Å². The van der Waals surface area contributed by atoms with Crippen LogP contribution in [0.25, 0.3) is 22.0 Å². The summed E-state index contributed by atoms with van der Waals surface area (Å²) in [5, 5.41) is 10.7. The number of piperidine rings is 1. The van der Waals surface area contributed by atoms with Crippen LogP contribution in [0, 0.1) is 18.3 Å². The molecular weight excluding hydrogens is 555 g/mol. The van der Waals surface area contributed by atoms with Crippen LogP contribution in [-0.2, 0) is 17.5 Å². The van der Waals surface area contributed by atoms with E-state index >= 15 is 4.39 Å². The van der Waals surface area contributed by atoms with Crippen molar-refractivity contribution in [1.82, 2.24) is 9.55 Å². The number of aromatic nitrogens is 2. The number of pyridine rings is 1. The lowest BCUT2D eigenvalue weighted by Crippen LogP contribution is -2.41. The topological polar surface area (TPSA) is 93.5 Å². The predicted molar refractivity (Wildman–Crippen MR) is 144 cm³/mol. The Hall–Kier alpha value is -3.42. The van der Waals surface area contributed by atoms with Crippen molar-refractivity contribution in [3.63, 3.8) is 0 Å². The lowest BCUT2D eigenvalue weighted by atomic mass is 9.92. The first-order valence-electron chi connectivity index (χ1n) is 12.6. The maximum atomic E-state index is 16.1. The lowest BCUT2D eigenvalue weighted by Gasteiger charge is -2.37. The zero-order chi connectivity index (χ0) is 26.6. The molecule has 1 atom stereocenters. The number of benzene rings is 2. The zero-order valence-corrected chi connectivity index (χ0v) is 22.7. The number of rotatable bonds is 4. The molecule has 2 aromatic heterocycles. The predicted octanol–water partition coefficient (Wildman–Crippen LogP) is 5.26. The Labute approximate surface area is 226 Å². The molecule has 4 heterocycles. The van der Waals surface area contributed by atoms with Crippen molar-refractivity contribution in [3.8, 4) is 11.8 Å². The number of hydrogen-bond donors (Lipinski definition) is 0. The second kappa shape index (κ2) is 9.40. The van der Waals surface area contributed by atoms with E-state index in [1.165, 1.54) is 4.57 Å². The van der Waals surface area contributed by atoms with E-state index in [2.05, 4.69) is 27.0 Å². The smallest absolute Gasteiger partial charge is 0.270 e. The molecule has 0 aliphatic carbocycles. The number of aryl methyl sites for hydroxylation is 2. The summed E-state index contributed by atoms with van der Waals surface area (Å²) in [4.78, 5) is 19.6. The van der Waals surface area contributed by atoms with E-state index in [9.17, 15) is 10.1 Å². The number of ether oxygens (including phenoxy) is 2. The molecule has 2 aliphatic rings. The van der Waals surface area contributed by atoms with Gasteiger partial charge in [-0.2, -0.15) is 5.26 Å². The van der Waals surface area contributed by atoms with E-state index in [1.807, 2.05) is 36.1 Å². The Kier molecular flexibility index (Phi) is 6.16. The van der Waals surface area contributed by atoms with Crippen LogP contribution in [0.4, 0.5) is 10.1 Å². The average Bonchev–Trinajstić information content (AvgIpc) is 3.58. The van der Waals surface area contributed by atoms with E-state index in [0.29, 0.717) is 64.2 Å². The summed E-state index contributed by atoms with van der Waals surface area (Å²) in [6, 6.07) is 11.4. The number of nitriles is 1. The van der Waals surface area contributed by atoms with Gasteiger partial charge in [0.15, 0.2) is 11.3 Å². The summed E-state index contributed by atoms with van der Waals surface area (Å²) in [6.45, 7) is 3.70. The number of hydrogen-bond acceptors (Lipinski definition) is 7. The van der Waals surface area contributed by atoms with Gasteiger partial charge in [-0.3, -0.25) is 4.79 Å². The first-order valence-corrected chi connectivity index (χ1v) is 13.4. The van der Waals surface area contributed by atoms with Crippen LogP contribution in [0.1, 0.15) is 36.3 Å². The van der Waals surface area contributed by atoms with Gasteiger partial charge in [0.2, 0.25) is 5.89 Å². The average molecular weight is 581 g/mol. The van der Waals surface area contributed by atoms with Crippen molar-refractivity contribution >= 4 is 43.6 Å². The van der Waals surface area contributed by atoms with Crippen LogP contribution in [-0.4, -0.2) is 42.0 Å². The molecule has 4 aromatic rings. The van der Waals surface area contributed by atoms with Gasteiger partial charge in [0, 0.05) is 50.9 Å². The lowest BCUT2D eigenvalue weighted by molar-refractivity contribution is 0.0905. The Morgan fingerprint density at radius 1 is 1.26 bits per heavy atom. The minimum atomic E-state index is -1.74. The Morgan fingerprint density at radius 3 is 2.76 bits per heavy atom. The summed E-state index contributed by atoms with van der Waals surface area (Å²) in [5.41, 5.74) is 1.25. The van der Waals surface area contributed by atoms with Gasteiger partial charge < -0.3 is 23.4 Å². The number of halogens is 2. The molecule has 196 valence electrons. The third kappa shape index (κ3) is 4.14. The number of fused-ring (bicyclic) bond motifs is 2. The molecule has 2 fully saturated rings. The molecule has 8 nitrogen and oxygen atoms in total. The number of alkyl halides is 1. The van der Waals surface area contributed by atoms with Crippen LogP contribution >= 0.6 is 15.9 Å². The molecule has 2 aliphatic heterocycles. The maximum absolute atomic E-state index is 16.1. The molecule has 2 saturated heterocycles. The summed E-state index contributed by atoms with van der Waals surface area (Å²) >= 11 is 3.61. The van der Waals surface area contributed by atoms with Crippen molar-refractivity contribution in [2.24, 2.45) is 7.05 Å². The standard InChI is InChI=1S/C28H26BrFN4O4/c1-16-3-4-23-21(11-16)32-27(38-23)28(30)6-8-34(9-7-28)25-18-12-20(29)24(37-17-5-10-36-15-17)13-22(18)33(2)26(35)19(25)14-31/h3-4,11-13,17H,5-10,15H2,1-2H3. The molecule has 0 bridgehead atoms. The monoisotopic (exact) mass is 580 g/mol.